The normalized spacial score (nSPS) is 16.5. The van der Waals surface area contributed by atoms with Crippen molar-refractivity contribution < 1.29 is 37.0 Å². The first-order valence-corrected chi connectivity index (χ1v) is 9.03. The van der Waals surface area contributed by atoms with Crippen molar-refractivity contribution in [3.63, 3.8) is 0 Å². The van der Waals surface area contributed by atoms with Gasteiger partial charge in [0.15, 0.2) is 18.1 Å². The fraction of sp³-hybridized carbons (Fsp3) is 0.421. The van der Waals surface area contributed by atoms with Crippen molar-refractivity contribution in [2.75, 3.05) is 26.8 Å². The molecule has 1 aliphatic heterocycles. The molecule has 1 heterocycles. The molecule has 0 radical (unpaired) electrons. The van der Waals surface area contributed by atoms with Crippen molar-refractivity contribution in [2.45, 2.75) is 25.1 Å². The van der Waals surface area contributed by atoms with Gasteiger partial charge in [-0.3, -0.25) is 14.4 Å². The summed E-state index contributed by atoms with van der Waals surface area (Å²) in [5, 5.41) is 1.82. The number of benzene rings is 1. The Morgan fingerprint density at radius 3 is 2.67 bits per heavy atom. The van der Waals surface area contributed by atoms with E-state index in [1.54, 1.807) is 12.1 Å². The topological polar surface area (TPSA) is 111 Å². The van der Waals surface area contributed by atoms with E-state index >= 15 is 0 Å². The molecule has 2 rings (SSSR count). The molecular weight excluding hydrogens is 407 g/mol. The average Bonchev–Trinajstić information content (AvgIpc) is 3.18. The summed E-state index contributed by atoms with van der Waals surface area (Å²) in [5.74, 6) is -1.36. The number of alkyl halides is 3. The van der Waals surface area contributed by atoms with E-state index in [2.05, 4.69) is 0 Å². The highest BCUT2D eigenvalue weighted by Crippen LogP contribution is 2.28. The average molecular weight is 429 g/mol. The third-order valence-electron chi connectivity index (χ3n) is 4.28. The van der Waals surface area contributed by atoms with Crippen LogP contribution in [-0.4, -0.2) is 61.6 Å². The number of nitrogens with one attached hydrogen (secondary N) is 1. The number of carbonyl (C=O) groups is 3. The van der Waals surface area contributed by atoms with Crippen LogP contribution in [0, 0.1) is 0 Å². The van der Waals surface area contributed by atoms with Crippen LogP contribution in [0.2, 0.25) is 0 Å². The summed E-state index contributed by atoms with van der Waals surface area (Å²) >= 11 is 0. The highest BCUT2D eigenvalue weighted by atomic mass is 19.4. The van der Waals surface area contributed by atoms with Gasteiger partial charge in [-0.25, -0.2) is 0 Å². The minimum absolute atomic E-state index is 0.274. The van der Waals surface area contributed by atoms with Gasteiger partial charge in [0.2, 0.25) is 11.8 Å². The molecule has 0 aliphatic carbocycles. The first-order valence-electron chi connectivity index (χ1n) is 9.03. The summed E-state index contributed by atoms with van der Waals surface area (Å²) in [4.78, 5) is 36.5. The van der Waals surface area contributed by atoms with Gasteiger partial charge in [0, 0.05) is 12.6 Å². The summed E-state index contributed by atoms with van der Waals surface area (Å²) in [6.45, 7) is -1.49. The smallest absolute Gasteiger partial charge is 0.405 e. The standard InChI is InChI=1S/C19H22F3N3O5/c1-29-15-9-12(4-6-14(15)30-10-16(23)26)5-7-17(27)25-8-2-3-13(25)18(28)24-11-19(20,21)22/h4-7,9,13H,2-3,8,10-11H2,1H3,(H2,23,26)(H,24,28). The van der Waals surface area contributed by atoms with E-state index in [4.69, 9.17) is 15.2 Å². The second-order valence-electron chi connectivity index (χ2n) is 6.52. The van der Waals surface area contributed by atoms with Crippen LogP contribution in [0.5, 0.6) is 11.5 Å². The molecule has 1 saturated heterocycles. The maximum Gasteiger partial charge on any atom is 0.405 e. The van der Waals surface area contributed by atoms with Crippen LogP contribution >= 0.6 is 0 Å². The van der Waals surface area contributed by atoms with Gasteiger partial charge in [-0.2, -0.15) is 13.2 Å². The molecule has 1 unspecified atom stereocenters. The van der Waals surface area contributed by atoms with Gasteiger partial charge >= 0.3 is 6.18 Å². The third-order valence-corrected chi connectivity index (χ3v) is 4.28. The molecule has 0 bridgehead atoms. The van der Waals surface area contributed by atoms with Crippen molar-refractivity contribution in [1.82, 2.24) is 10.2 Å². The molecule has 1 fully saturated rings. The lowest BCUT2D eigenvalue weighted by molar-refractivity contribution is -0.143. The van der Waals surface area contributed by atoms with E-state index < -0.39 is 36.5 Å². The number of halogens is 3. The first-order chi connectivity index (χ1) is 14.1. The number of hydrogen-bond donors (Lipinski definition) is 2. The fourth-order valence-corrected chi connectivity index (χ4v) is 2.93. The number of primary amides is 1. The summed E-state index contributed by atoms with van der Waals surface area (Å²) in [5.41, 5.74) is 5.61. The van der Waals surface area contributed by atoms with Crippen LogP contribution in [0.25, 0.3) is 6.08 Å². The van der Waals surface area contributed by atoms with E-state index in [-0.39, 0.29) is 13.2 Å². The van der Waals surface area contributed by atoms with Gasteiger partial charge in [0.1, 0.15) is 12.6 Å². The van der Waals surface area contributed by atoms with Gasteiger partial charge in [-0.05, 0) is 36.6 Å². The molecule has 164 valence electrons. The van der Waals surface area contributed by atoms with E-state index in [0.29, 0.717) is 29.9 Å². The van der Waals surface area contributed by atoms with Crippen LogP contribution < -0.4 is 20.5 Å². The summed E-state index contributed by atoms with van der Waals surface area (Å²) < 4.78 is 47.3. The van der Waals surface area contributed by atoms with Gasteiger partial charge in [0.25, 0.3) is 5.91 Å². The van der Waals surface area contributed by atoms with E-state index in [1.165, 1.54) is 30.2 Å². The van der Waals surface area contributed by atoms with Crippen molar-refractivity contribution in [1.29, 1.82) is 0 Å². The number of rotatable bonds is 8. The van der Waals surface area contributed by atoms with E-state index in [9.17, 15) is 27.6 Å². The van der Waals surface area contributed by atoms with Crippen LogP contribution in [-0.2, 0) is 14.4 Å². The lowest BCUT2D eigenvalue weighted by atomic mass is 10.1. The summed E-state index contributed by atoms with van der Waals surface area (Å²) in [7, 11) is 1.40. The van der Waals surface area contributed by atoms with Gasteiger partial charge < -0.3 is 25.4 Å². The second-order valence-corrected chi connectivity index (χ2v) is 6.52. The molecule has 0 saturated carbocycles. The Morgan fingerprint density at radius 2 is 2.03 bits per heavy atom. The molecule has 1 atom stereocenters. The Bertz CT molecular complexity index is 826. The zero-order valence-corrected chi connectivity index (χ0v) is 16.2. The van der Waals surface area contributed by atoms with Crippen molar-refractivity contribution in [2.24, 2.45) is 5.73 Å². The van der Waals surface area contributed by atoms with Crippen LogP contribution in [0.4, 0.5) is 13.2 Å². The van der Waals surface area contributed by atoms with E-state index in [1.807, 2.05) is 5.32 Å². The molecule has 3 N–H and O–H groups in total. The number of amides is 3. The highest BCUT2D eigenvalue weighted by molar-refractivity contribution is 5.96. The molecule has 3 amide bonds. The number of carbonyl (C=O) groups excluding carboxylic acids is 3. The largest absolute Gasteiger partial charge is 0.493 e. The lowest BCUT2D eigenvalue weighted by Crippen LogP contribution is -2.47. The lowest BCUT2D eigenvalue weighted by Gasteiger charge is -2.23. The van der Waals surface area contributed by atoms with Crippen LogP contribution in [0.15, 0.2) is 24.3 Å². The zero-order chi connectivity index (χ0) is 22.3. The Labute approximate surface area is 170 Å². The Hall–Kier alpha value is -3.24. The molecule has 30 heavy (non-hydrogen) atoms. The molecule has 1 aromatic rings. The molecule has 0 spiro atoms. The number of likely N-dealkylation sites (tertiary alicyclic amines) is 1. The molecular formula is C19H22F3N3O5. The summed E-state index contributed by atoms with van der Waals surface area (Å²) in [6.07, 6.45) is -0.998. The molecule has 11 heteroatoms. The van der Waals surface area contributed by atoms with Crippen molar-refractivity contribution in [3.8, 4) is 11.5 Å². The van der Waals surface area contributed by atoms with Gasteiger partial charge in [0.05, 0.1) is 7.11 Å². The van der Waals surface area contributed by atoms with Crippen LogP contribution in [0.1, 0.15) is 18.4 Å². The zero-order valence-electron chi connectivity index (χ0n) is 16.2. The molecule has 0 aromatic heterocycles. The highest BCUT2D eigenvalue weighted by Gasteiger charge is 2.35. The Balaban J connectivity index is 2.03. The predicted molar refractivity (Wildman–Crippen MR) is 101 cm³/mol. The molecule has 1 aliphatic rings. The number of hydrogen-bond acceptors (Lipinski definition) is 5. The maximum atomic E-state index is 12.5. The number of ether oxygens (including phenoxy) is 2. The fourth-order valence-electron chi connectivity index (χ4n) is 2.93. The second kappa shape index (κ2) is 9.99. The van der Waals surface area contributed by atoms with Gasteiger partial charge in [-0.15, -0.1) is 0 Å². The molecule has 1 aromatic carbocycles. The Morgan fingerprint density at radius 1 is 1.30 bits per heavy atom. The van der Waals surface area contributed by atoms with Crippen molar-refractivity contribution in [3.05, 3.63) is 29.8 Å². The van der Waals surface area contributed by atoms with Crippen LogP contribution in [0.3, 0.4) is 0 Å². The van der Waals surface area contributed by atoms with Crippen molar-refractivity contribution >= 4 is 23.8 Å². The predicted octanol–water partition coefficient (Wildman–Crippen LogP) is 1.24. The maximum absolute atomic E-state index is 12.5. The quantitative estimate of drug-likeness (QED) is 0.604. The molecule has 8 nitrogen and oxygen atoms in total. The number of nitrogens with two attached hydrogens (primary N) is 1. The SMILES string of the molecule is COc1cc(C=CC(=O)N2CCCC2C(=O)NCC(F)(F)F)ccc1OCC(N)=O. The first kappa shape index (κ1) is 23.0. The monoisotopic (exact) mass is 429 g/mol. The van der Waals surface area contributed by atoms with Gasteiger partial charge in [-0.1, -0.05) is 6.07 Å². The minimum atomic E-state index is -4.52. The minimum Gasteiger partial charge on any atom is -0.493 e. The Kier molecular flexibility index (Phi) is 7.67. The van der Waals surface area contributed by atoms with E-state index in [0.717, 1.165) is 0 Å². The third kappa shape index (κ3) is 6.68. The number of methoxy groups -OCH3 is 1. The summed E-state index contributed by atoms with van der Waals surface area (Å²) in [6, 6.07) is 3.77. The number of nitrogens with zero attached hydrogens (tertiary/aromatic N) is 1.